The van der Waals surface area contributed by atoms with Gasteiger partial charge in [-0.2, -0.15) is 18.2 Å². The summed E-state index contributed by atoms with van der Waals surface area (Å²) < 4.78 is 56.7. The fourth-order valence-corrected chi connectivity index (χ4v) is 3.42. The third kappa shape index (κ3) is 5.70. The predicted molar refractivity (Wildman–Crippen MR) is 119 cm³/mol. The van der Waals surface area contributed by atoms with Gasteiger partial charge in [-0.25, -0.2) is 9.64 Å². The fraction of sp³-hybridized carbons (Fsp3) is 0.304. The van der Waals surface area contributed by atoms with Gasteiger partial charge >= 0.3 is 11.9 Å². The number of benzene rings is 1. The van der Waals surface area contributed by atoms with Crippen LogP contribution in [0, 0.1) is 6.57 Å². The molecule has 3 aromatic rings. The van der Waals surface area contributed by atoms with E-state index in [4.69, 9.17) is 20.8 Å². The first-order valence-electron chi connectivity index (χ1n) is 10.5. The van der Waals surface area contributed by atoms with Crippen LogP contribution in [0.1, 0.15) is 11.1 Å². The van der Waals surface area contributed by atoms with Crippen LogP contribution in [0.5, 0.6) is 17.4 Å². The van der Waals surface area contributed by atoms with Crippen molar-refractivity contribution in [1.82, 2.24) is 14.5 Å². The molecular formula is C23H20F3N5O4. The number of ether oxygens (including phenoxy) is 3. The Kier molecular flexibility index (Phi) is 6.88. The molecule has 0 atom stereocenters. The van der Waals surface area contributed by atoms with Crippen molar-refractivity contribution in [1.29, 1.82) is 0 Å². The predicted octanol–water partition coefficient (Wildman–Crippen LogP) is 3.95. The van der Waals surface area contributed by atoms with Gasteiger partial charge in [0.15, 0.2) is 0 Å². The maximum Gasteiger partial charge on any atom is 0.418 e. The molecule has 0 unspecified atom stereocenters. The molecule has 0 spiro atoms. The van der Waals surface area contributed by atoms with E-state index in [2.05, 4.69) is 14.8 Å². The van der Waals surface area contributed by atoms with Crippen LogP contribution in [-0.2, 0) is 24.6 Å². The Labute approximate surface area is 198 Å². The number of alkyl halides is 3. The Bertz CT molecular complexity index is 1310. The summed E-state index contributed by atoms with van der Waals surface area (Å²) in [6, 6.07) is 7.04. The Morgan fingerprint density at radius 2 is 1.94 bits per heavy atom. The highest BCUT2D eigenvalue weighted by atomic mass is 19.4. The van der Waals surface area contributed by atoms with Gasteiger partial charge < -0.3 is 19.1 Å². The van der Waals surface area contributed by atoms with E-state index < -0.39 is 17.4 Å². The van der Waals surface area contributed by atoms with Gasteiger partial charge in [0.05, 0.1) is 31.5 Å². The van der Waals surface area contributed by atoms with Gasteiger partial charge in [-0.15, -0.1) is 0 Å². The molecule has 35 heavy (non-hydrogen) atoms. The number of morpholine rings is 1. The number of anilines is 1. The summed E-state index contributed by atoms with van der Waals surface area (Å²) in [6.07, 6.45) is -2.74. The van der Waals surface area contributed by atoms with Crippen molar-refractivity contribution in [3.8, 4) is 17.4 Å². The zero-order chi connectivity index (χ0) is 25.0. The highest BCUT2D eigenvalue weighted by Crippen LogP contribution is 2.35. The average molecular weight is 487 g/mol. The first-order valence-corrected chi connectivity index (χ1v) is 10.5. The van der Waals surface area contributed by atoms with Crippen LogP contribution in [0.15, 0.2) is 47.5 Å². The molecule has 2 aromatic heterocycles. The number of nitrogens with zero attached hydrogens (tertiary/aromatic N) is 5. The first kappa shape index (κ1) is 24.0. The molecule has 182 valence electrons. The van der Waals surface area contributed by atoms with Crippen molar-refractivity contribution in [2.45, 2.75) is 12.8 Å². The van der Waals surface area contributed by atoms with Gasteiger partial charge in [-0.05, 0) is 23.8 Å². The van der Waals surface area contributed by atoms with E-state index in [1.807, 2.05) is 4.90 Å². The molecule has 1 aromatic carbocycles. The molecule has 12 heteroatoms. The van der Waals surface area contributed by atoms with Crippen LogP contribution < -0.4 is 20.1 Å². The summed E-state index contributed by atoms with van der Waals surface area (Å²) in [6.45, 7) is 9.80. The highest BCUT2D eigenvalue weighted by Gasteiger charge is 2.31. The van der Waals surface area contributed by atoms with Crippen molar-refractivity contribution in [2.75, 3.05) is 31.2 Å². The number of pyridine rings is 1. The van der Waals surface area contributed by atoms with Crippen molar-refractivity contribution >= 4 is 11.5 Å². The second-order valence-corrected chi connectivity index (χ2v) is 7.61. The molecule has 9 nitrogen and oxygen atoms in total. The number of aromatic nitrogens is 3. The van der Waals surface area contributed by atoms with Crippen molar-refractivity contribution in [3.63, 3.8) is 0 Å². The molecule has 0 N–H and O–H groups in total. The molecular weight excluding hydrogens is 467 g/mol. The smallest absolute Gasteiger partial charge is 0.418 e. The van der Waals surface area contributed by atoms with Crippen molar-refractivity contribution < 1.29 is 27.4 Å². The molecule has 0 radical (unpaired) electrons. The lowest BCUT2D eigenvalue weighted by Gasteiger charge is -2.29. The zero-order valence-electron chi connectivity index (χ0n) is 18.6. The molecule has 3 heterocycles. The molecule has 0 saturated carbocycles. The molecule has 1 aliphatic rings. The molecule has 4 rings (SSSR count). The van der Waals surface area contributed by atoms with Gasteiger partial charge in [0.1, 0.15) is 23.9 Å². The van der Waals surface area contributed by atoms with Gasteiger partial charge in [0.25, 0.3) is 0 Å². The number of halogens is 3. The third-order valence-corrected chi connectivity index (χ3v) is 5.22. The lowest BCUT2D eigenvalue weighted by Crippen LogP contribution is -2.39. The molecule has 1 fully saturated rings. The van der Waals surface area contributed by atoms with E-state index in [0.717, 1.165) is 12.3 Å². The lowest BCUT2D eigenvalue weighted by atomic mass is 10.2. The summed E-state index contributed by atoms with van der Waals surface area (Å²) >= 11 is 0. The van der Waals surface area contributed by atoms with Crippen LogP contribution >= 0.6 is 0 Å². The minimum Gasteiger partial charge on any atom is -0.473 e. The maximum atomic E-state index is 12.9. The monoisotopic (exact) mass is 487 g/mol. The Balaban J connectivity index is 1.49. The summed E-state index contributed by atoms with van der Waals surface area (Å²) in [5, 5.41) is 0. The van der Waals surface area contributed by atoms with E-state index in [0.29, 0.717) is 43.9 Å². The van der Waals surface area contributed by atoms with Crippen LogP contribution in [0.3, 0.4) is 0 Å². The minimum absolute atomic E-state index is 0.0105. The summed E-state index contributed by atoms with van der Waals surface area (Å²) in [5.74, 6) is 0.720. The van der Waals surface area contributed by atoms with E-state index in [1.165, 1.54) is 16.7 Å². The van der Waals surface area contributed by atoms with E-state index in [9.17, 15) is 18.0 Å². The molecule has 0 aliphatic carbocycles. The summed E-state index contributed by atoms with van der Waals surface area (Å²) in [7, 11) is 1.63. The van der Waals surface area contributed by atoms with E-state index in [1.54, 1.807) is 19.2 Å². The molecule has 1 saturated heterocycles. The van der Waals surface area contributed by atoms with Gasteiger partial charge in [-0.3, -0.25) is 9.55 Å². The number of hydrogen-bond donors (Lipinski definition) is 0. The standard InChI is InChI=1S/C23H20F3N5O4/c1-27-18-9-15(3-4-19(18)35-17-10-16(12-28-13-17)23(24,25)26)14-34-20-11-21(30(2)22(32)29-20)31-5-7-33-8-6-31/h3-4,9-13H,5-8,14H2,2H3. The number of rotatable bonds is 6. The number of hydrogen-bond acceptors (Lipinski definition) is 7. The minimum atomic E-state index is -4.57. The first-order chi connectivity index (χ1) is 16.7. The van der Waals surface area contributed by atoms with Crippen molar-refractivity contribution in [2.24, 2.45) is 7.05 Å². The largest absolute Gasteiger partial charge is 0.473 e. The van der Waals surface area contributed by atoms with Crippen LogP contribution in [0.25, 0.3) is 4.85 Å². The highest BCUT2D eigenvalue weighted by molar-refractivity contribution is 5.60. The Hall–Kier alpha value is -4.11. The SMILES string of the molecule is [C-]#[N+]c1cc(COc2cc(N3CCOCC3)n(C)c(=O)n2)ccc1Oc1cncc(C(F)(F)F)c1. The molecule has 0 bridgehead atoms. The second-order valence-electron chi connectivity index (χ2n) is 7.61. The Morgan fingerprint density at radius 3 is 2.66 bits per heavy atom. The quantitative estimate of drug-likeness (QED) is 0.487. The molecule has 0 amide bonds. The molecule has 1 aliphatic heterocycles. The van der Waals surface area contributed by atoms with Crippen molar-refractivity contribution in [3.05, 3.63) is 75.8 Å². The van der Waals surface area contributed by atoms with Crippen LogP contribution in [0.2, 0.25) is 0 Å². The van der Waals surface area contributed by atoms with Gasteiger partial charge in [-0.1, -0.05) is 6.07 Å². The van der Waals surface area contributed by atoms with Crippen LogP contribution in [-0.4, -0.2) is 40.8 Å². The van der Waals surface area contributed by atoms with Gasteiger partial charge in [0.2, 0.25) is 11.6 Å². The average Bonchev–Trinajstić information content (AvgIpc) is 2.85. The van der Waals surface area contributed by atoms with Gasteiger partial charge in [0, 0.05) is 32.4 Å². The summed E-state index contributed by atoms with van der Waals surface area (Å²) in [5.41, 5.74) is -0.762. The van der Waals surface area contributed by atoms with E-state index >= 15 is 0 Å². The maximum absolute atomic E-state index is 12.9. The Morgan fingerprint density at radius 1 is 1.17 bits per heavy atom. The zero-order valence-corrected chi connectivity index (χ0v) is 18.6. The van der Waals surface area contributed by atoms with E-state index in [-0.39, 0.29) is 29.7 Å². The normalized spacial score (nSPS) is 13.9. The topological polar surface area (TPSA) is 83.1 Å². The fourth-order valence-electron chi connectivity index (χ4n) is 3.42. The summed E-state index contributed by atoms with van der Waals surface area (Å²) in [4.78, 5) is 25.2. The lowest BCUT2D eigenvalue weighted by molar-refractivity contribution is -0.137. The van der Waals surface area contributed by atoms with Crippen LogP contribution in [0.4, 0.5) is 24.7 Å². The third-order valence-electron chi connectivity index (χ3n) is 5.22. The second kappa shape index (κ2) is 10.0.